The summed E-state index contributed by atoms with van der Waals surface area (Å²) >= 11 is 0. The third kappa shape index (κ3) is 6.69. The molecule has 0 aliphatic carbocycles. The Labute approximate surface area is 200 Å². The lowest BCUT2D eigenvalue weighted by Gasteiger charge is -2.25. The minimum atomic E-state index is -0.348. The molecule has 0 saturated heterocycles. The number of likely N-dealkylation sites (N-methyl/N-ethyl adjacent to an activating group) is 2. The molecule has 34 heavy (non-hydrogen) atoms. The van der Waals surface area contributed by atoms with Gasteiger partial charge in [0, 0.05) is 38.1 Å². The monoisotopic (exact) mass is 461 g/mol. The van der Waals surface area contributed by atoms with Crippen molar-refractivity contribution in [2.75, 3.05) is 55.1 Å². The van der Waals surface area contributed by atoms with E-state index >= 15 is 0 Å². The summed E-state index contributed by atoms with van der Waals surface area (Å²) < 4.78 is 0. The van der Waals surface area contributed by atoms with Gasteiger partial charge in [-0.25, -0.2) is 4.98 Å². The Kier molecular flexibility index (Phi) is 8.05. The average Bonchev–Trinajstić information content (AvgIpc) is 2.81. The molecule has 9 nitrogen and oxygen atoms in total. The van der Waals surface area contributed by atoms with Crippen LogP contribution in [0, 0.1) is 6.92 Å². The average molecular weight is 462 g/mol. The summed E-state index contributed by atoms with van der Waals surface area (Å²) in [6.45, 7) is 7.06. The highest BCUT2D eigenvalue weighted by Crippen LogP contribution is 2.37. The van der Waals surface area contributed by atoms with Crippen molar-refractivity contribution in [3.05, 3.63) is 66.9 Å². The van der Waals surface area contributed by atoms with Gasteiger partial charge in [-0.2, -0.15) is 4.98 Å². The van der Waals surface area contributed by atoms with Crippen molar-refractivity contribution in [3.63, 3.8) is 0 Å². The van der Waals surface area contributed by atoms with Crippen molar-refractivity contribution in [1.82, 2.24) is 14.9 Å². The molecule has 0 aliphatic rings. The minimum absolute atomic E-state index is 0.00352. The Balaban J connectivity index is 1.86. The van der Waals surface area contributed by atoms with E-state index in [0.717, 1.165) is 12.2 Å². The molecular weight excluding hydrogens is 430 g/mol. The zero-order chi connectivity index (χ0) is 24.7. The third-order valence-corrected chi connectivity index (χ3v) is 5.08. The Morgan fingerprint density at radius 3 is 2.47 bits per heavy atom. The second-order valence-corrected chi connectivity index (χ2v) is 8.19. The minimum Gasteiger partial charge on any atom is -0.506 e. The number of phenolic OH excluding ortho intramolecular Hbond substituents is 1. The molecular formula is C25H31N7O2. The van der Waals surface area contributed by atoms with Crippen LogP contribution in [0.25, 0.3) is 0 Å². The fourth-order valence-corrected chi connectivity index (χ4v) is 3.14. The third-order valence-electron chi connectivity index (χ3n) is 5.08. The fourth-order valence-electron chi connectivity index (χ4n) is 3.14. The maximum Gasteiger partial charge on any atom is 0.247 e. The molecule has 4 N–H and O–H groups in total. The molecule has 0 saturated carbocycles. The zero-order valence-electron chi connectivity index (χ0n) is 20.0. The standard InChI is InChI=1S/C25H31N7O2/c1-6-24(34)28-19-15-20(22(33)16-21(19)32(5)14-13-31(3)4)29-25-26-12-11-23(30-25)27-18-9-7-17(2)8-10-18/h6-12,15-16,33H,1,13-14H2,2-5H3,(H,28,34)(H2,26,27,29,30). The molecule has 2 aromatic carbocycles. The maximum absolute atomic E-state index is 12.0. The van der Waals surface area contributed by atoms with Gasteiger partial charge < -0.3 is 30.9 Å². The van der Waals surface area contributed by atoms with Crippen molar-refractivity contribution in [1.29, 1.82) is 0 Å². The van der Waals surface area contributed by atoms with E-state index in [9.17, 15) is 9.90 Å². The molecule has 1 amide bonds. The zero-order valence-corrected chi connectivity index (χ0v) is 20.0. The highest BCUT2D eigenvalue weighted by Gasteiger charge is 2.15. The normalized spacial score (nSPS) is 10.6. The molecule has 0 radical (unpaired) electrons. The van der Waals surface area contributed by atoms with Crippen LogP contribution in [0.4, 0.5) is 34.5 Å². The number of aryl methyl sites for hydroxylation is 1. The number of carbonyl (C=O) groups excluding carboxylic acids is 1. The molecule has 0 aliphatic heterocycles. The second-order valence-electron chi connectivity index (χ2n) is 8.19. The van der Waals surface area contributed by atoms with Crippen molar-refractivity contribution in [2.45, 2.75) is 6.92 Å². The molecule has 0 spiro atoms. The van der Waals surface area contributed by atoms with Gasteiger partial charge in [-0.1, -0.05) is 24.3 Å². The Bertz CT molecular complexity index is 1150. The number of carbonyl (C=O) groups is 1. The Morgan fingerprint density at radius 2 is 1.79 bits per heavy atom. The molecule has 0 bridgehead atoms. The topological polar surface area (TPSA) is 106 Å². The number of benzene rings is 2. The first-order chi connectivity index (χ1) is 16.2. The molecule has 178 valence electrons. The van der Waals surface area contributed by atoms with Gasteiger partial charge >= 0.3 is 0 Å². The van der Waals surface area contributed by atoms with E-state index in [2.05, 4.69) is 37.4 Å². The van der Waals surface area contributed by atoms with Crippen LogP contribution in [0.5, 0.6) is 5.75 Å². The lowest BCUT2D eigenvalue weighted by atomic mass is 10.2. The van der Waals surface area contributed by atoms with Gasteiger partial charge in [0.25, 0.3) is 0 Å². The predicted molar refractivity (Wildman–Crippen MR) is 139 cm³/mol. The molecule has 3 rings (SSSR count). The summed E-state index contributed by atoms with van der Waals surface area (Å²) in [5.74, 6) is 0.548. The first kappa shape index (κ1) is 24.5. The summed E-state index contributed by atoms with van der Waals surface area (Å²) in [7, 11) is 5.87. The van der Waals surface area contributed by atoms with Gasteiger partial charge in [0.1, 0.15) is 11.6 Å². The number of aromatic hydroxyl groups is 1. The van der Waals surface area contributed by atoms with Gasteiger partial charge in [0.2, 0.25) is 11.9 Å². The first-order valence-electron chi connectivity index (χ1n) is 10.8. The largest absolute Gasteiger partial charge is 0.506 e. The van der Waals surface area contributed by atoms with Gasteiger partial charge in [-0.3, -0.25) is 4.79 Å². The summed E-state index contributed by atoms with van der Waals surface area (Å²) in [6.07, 6.45) is 2.82. The molecule has 0 fully saturated rings. The molecule has 3 aromatic rings. The Morgan fingerprint density at radius 1 is 1.06 bits per heavy atom. The quantitative estimate of drug-likeness (QED) is 0.203. The van der Waals surface area contributed by atoms with Gasteiger partial charge in [-0.05, 0) is 51.4 Å². The van der Waals surface area contributed by atoms with E-state index in [-0.39, 0.29) is 11.7 Å². The summed E-state index contributed by atoms with van der Waals surface area (Å²) in [5.41, 5.74) is 3.63. The highest BCUT2D eigenvalue weighted by atomic mass is 16.3. The number of aromatic nitrogens is 2. The van der Waals surface area contributed by atoms with Crippen LogP contribution in [0.1, 0.15) is 5.56 Å². The number of hydrogen-bond donors (Lipinski definition) is 4. The van der Waals surface area contributed by atoms with E-state index < -0.39 is 0 Å². The number of rotatable bonds is 10. The van der Waals surface area contributed by atoms with Crippen LogP contribution < -0.4 is 20.9 Å². The van der Waals surface area contributed by atoms with E-state index in [1.54, 1.807) is 24.4 Å². The predicted octanol–water partition coefficient (Wildman–Crippen LogP) is 4.10. The Hall–Kier alpha value is -4.11. The number of hydrogen-bond acceptors (Lipinski definition) is 8. The number of nitrogens with zero attached hydrogens (tertiary/aromatic N) is 4. The number of nitrogens with one attached hydrogen (secondary N) is 3. The van der Waals surface area contributed by atoms with Gasteiger partial charge in [0.05, 0.1) is 17.1 Å². The summed E-state index contributed by atoms with van der Waals surface area (Å²) in [4.78, 5) is 24.8. The fraction of sp³-hybridized carbons (Fsp3) is 0.240. The smallest absolute Gasteiger partial charge is 0.247 e. The van der Waals surface area contributed by atoms with Crippen molar-refractivity contribution < 1.29 is 9.90 Å². The van der Waals surface area contributed by atoms with Crippen LogP contribution in [0.3, 0.4) is 0 Å². The summed E-state index contributed by atoms with van der Waals surface area (Å²) in [6, 6.07) is 13.0. The van der Waals surface area contributed by atoms with E-state index in [1.807, 2.05) is 57.2 Å². The molecule has 9 heteroatoms. The van der Waals surface area contributed by atoms with Crippen LogP contribution in [-0.4, -0.2) is 60.1 Å². The van der Waals surface area contributed by atoms with Crippen molar-refractivity contribution in [3.8, 4) is 5.75 Å². The van der Waals surface area contributed by atoms with Crippen LogP contribution in [0.15, 0.2) is 61.3 Å². The van der Waals surface area contributed by atoms with Gasteiger partial charge in [-0.15, -0.1) is 0 Å². The van der Waals surface area contributed by atoms with Gasteiger partial charge in [0.15, 0.2) is 0 Å². The van der Waals surface area contributed by atoms with Crippen LogP contribution in [-0.2, 0) is 4.79 Å². The SMILES string of the molecule is C=CC(=O)Nc1cc(Nc2nccc(Nc3ccc(C)cc3)n2)c(O)cc1N(C)CCN(C)C. The first-order valence-corrected chi connectivity index (χ1v) is 10.8. The molecule has 1 aromatic heterocycles. The van der Waals surface area contributed by atoms with E-state index in [1.165, 1.54) is 11.6 Å². The second kappa shape index (κ2) is 11.2. The number of anilines is 6. The summed E-state index contributed by atoms with van der Waals surface area (Å²) in [5, 5.41) is 19.8. The van der Waals surface area contributed by atoms with Crippen molar-refractivity contribution >= 4 is 40.4 Å². The number of phenols is 1. The van der Waals surface area contributed by atoms with E-state index in [4.69, 9.17) is 0 Å². The van der Waals surface area contributed by atoms with E-state index in [0.29, 0.717) is 35.4 Å². The van der Waals surface area contributed by atoms with Crippen molar-refractivity contribution in [2.24, 2.45) is 0 Å². The molecule has 1 heterocycles. The van der Waals surface area contributed by atoms with Crippen LogP contribution in [0.2, 0.25) is 0 Å². The molecule has 0 atom stereocenters. The lowest BCUT2D eigenvalue weighted by Crippen LogP contribution is -2.29. The highest BCUT2D eigenvalue weighted by molar-refractivity contribution is 6.02. The number of amides is 1. The lowest BCUT2D eigenvalue weighted by molar-refractivity contribution is -0.111. The molecule has 0 unspecified atom stereocenters. The van der Waals surface area contributed by atoms with Crippen LogP contribution >= 0.6 is 0 Å². The maximum atomic E-state index is 12.0.